The predicted molar refractivity (Wildman–Crippen MR) is 89.5 cm³/mol. The van der Waals surface area contributed by atoms with Gasteiger partial charge in [-0.2, -0.15) is 0 Å². The minimum absolute atomic E-state index is 0.0403. The molecule has 2 aromatic rings. The van der Waals surface area contributed by atoms with Crippen molar-refractivity contribution in [1.29, 1.82) is 0 Å². The van der Waals surface area contributed by atoms with Crippen LogP contribution in [0.4, 0.5) is 0 Å². The molecule has 1 saturated heterocycles. The van der Waals surface area contributed by atoms with E-state index in [4.69, 9.17) is 0 Å². The van der Waals surface area contributed by atoms with Crippen LogP contribution in [-0.4, -0.2) is 34.9 Å². The van der Waals surface area contributed by atoms with E-state index in [2.05, 4.69) is 29.6 Å². The summed E-state index contributed by atoms with van der Waals surface area (Å²) in [7, 11) is 0. The number of rotatable bonds is 4. The van der Waals surface area contributed by atoms with Gasteiger partial charge in [-0.05, 0) is 29.3 Å². The fraction of sp³-hybridized carbons (Fsp3) is 0.294. The van der Waals surface area contributed by atoms with Crippen molar-refractivity contribution in [3.63, 3.8) is 0 Å². The Balaban J connectivity index is 1.66. The van der Waals surface area contributed by atoms with Crippen molar-refractivity contribution in [3.8, 4) is 0 Å². The van der Waals surface area contributed by atoms with E-state index >= 15 is 0 Å². The van der Waals surface area contributed by atoms with E-state index in [0.29, 0.717) is 11.6 Å². The molecule has 4 nitrogen and oxygen atoms in total. The summed E-state index contributed by atoms with van der Waals surface area (Å²) in [6, 6.07) is 14.3. The van der Waals surface area contributed by atoms with Gasteiger partial charge in [-0.25, -0.2) is 0 Å². The Labute approximate surface area is 133 Å². The van der Waals surface area contributed by atoms with E-state index < -0.39 is 0 Å². The molecule has 1 aliphatic rings. The third-order valence-corrected chi connectivity index (χ3v) is 4.76. The first-order valence-corrected chi connectivity index (χ1v) is 8.42. The number of hydrogen-bond acceptors (Lipinski definition) is 3. The second-order valence-electron chi connectivity index (χ2n) is 5.47. The van der Waals surface area contributed by atoms with Crippen molar-refractivity contribution >= 4 is 34.3 Å². The SMILES string of the molecule is C[C@H](NC(=O)CN1CSCC1=O)c1ccc2ccccc2c1. The lowest BCUT2D eigenvalue weighted by Crippen LogP contribution is -2.39. The number of hydrogen-bond donors (Lipinski definition) is 1. The summed E-state index contributed by atoms with van der Waals surface area (Å²) in [6.07, 6.45) is 0. The number of benzene rings is 2. The Kier molecular flexibility index (Phi) is 4.34. The minimum Gasteiger partial charge on any atom is -0.348 e. The molecule has 0 saturated carbocycles. The Morgan fingerprint density at radius 1 is 1.27 bits per heavy atom. The molecule has 0 aromatic heterocycles. The lowest BCUT2D eigenvalue weighted by molar-refractivity contribution is -0.132. The van der Waals surface area contributed by atoms with Crippen LogP contribution in [0.15, 0.2) is 42.5 Å². The largest absolute Gasteiger partial charge is 0.348 e. The van der Waals surface area contributed by atoms with Gasteiger partial charge in [-0.3, -0.25) is 9.59 Å². The predicted octanol–water partition coefficient (Wildman–Crippen LogP) is 2.55. The number of nitrogens with one attached hydrogen (secondary N) is 1. The highest BCUT2D eigenvalue weighted by Gasteiger charge is 2.23. The van der Waals surface area contributed by atoms with Gasteiger partial charge in [0.05, 0.1) is 17.7 Å². The molecule has 0 radical (unpaired) electrons. The van der Waals surface area contributed by atoms with E-state index in [-0.39, 0.29) is 24.4 Å². The van der Waals surface area contributed by atoms with E-state index in [1.165, 1.54) is 5.39 Å². The molecule has 3 rings (SSSR count). The van der Waals surface area contributed by atoms with Gasteiger partial charge in [-0.1, -0.05) is 36.4 Å². The van der Waals surface area contributed by atoms with Crippen LogP contribution >= 0.6 is 11.8 Å². The van der Waals surface area contributed by atoms with E-state index in [1.807, 2.05) is 25.1 Å². The molecule has 1 N–H and O–H groups in total. The van der Waals surface area contributed by atoms with Gasteiger partial charge in [0.25, 0.3) is 0 Å². The molecular weight excluding hydrogens is 296 g/mol. The summed E-state index contributed by atoms with van der Waals surface area (Å²) in [5, 5.41) is 5.31. The van der Waals surface area contributed by atoms with Gasteiger partial charge in [-0.15, -0.1) is 11.8 Å². The maximum Gasteiger partial charge on any atom is 0.240 e. The first-order chi connectivity index (χ1) is 10.6. The second-order valence-corrected chi connectivity index (χ2v) is 6.42. The molecule has 0 bridgehead atoms. The van der Waals surface area contributed by atoms with Crippen LogP contribution in [0.25, 0.3) is 10.8 Å². The smallest absolute Gasteiger partial charge is 0.240 e. The van der Waals surface area contributed by atoms with Gasteiger partial charge >= 0.3 is 0 Å². The van der Waals surface area contributed by atoms with Crippen LogP contribution in [-0.2, 0) is 9.59 Å². The van der Waals surface area contributed by atoms with Crippen molar-refractivity contribution in [2.45, 2.75) is 13.0 Å². The summed E-state index contributed by atoms with van der Waals surface area (Å²) in [5.41, 5.74) is 1.06. The first kappa shape index (κ1) is 14.9. The summed E-state index contributed by atoms with van der Waals surface area (Å²) < 4.78 is 0. The zero-order valence-electron chi connectivity index (χ0n) is 12.4. The Morgan fingerprint density at radius 3 is 2.77 bits per heavy atom. The van der Waals surface area contributed by atoms with Crippen LogP contribution in [0, 0.1) is 0 Å². The Hall–Kier alpha value is -2.01. The second kappa shape index (κ2) is 6.40. The molecule has 0 unspecified atom stereocenters. The zero-order chi connectivity index (χ0) is 15.5. The lowest BCUT2D eigenvalue weighted by Gasteiger charge is -2.18. The highest BCUT2D eigenvalue weighted by atomic mass is 32.2. The van der Waals surface area contributed by atoms with Crippen LogP contribution < -0.4 is 5.32 Å². The molecule has 0 aliphatic carbocycles. The molecule has 5 heteroatoms. The van der Waals surface area contributed by atoms with Crippen molar-refractivity contribution in [2.75, 3.05) is 18.2 Å². The summed E-state index contributed by atoms with van der Waals surface area (Å²) in [5.74, 6) is 1.01. The van der Waals surface area contributed by atoms with Crippen molar-refractivity contribution < 1.29 is 9.59 Å². The number of nitrogens with zero attached hydrogens (tertiary/aromatic N) is 1. The highest BCUT2D eigenvalue weighted by molar-refractivity contribution is 8.00. The van der Waals surface area contributed by atoms with Crippen molar-refractivity contribution in [3.05, 3.63) is 48.0 Å². The molecule has 0 spiro atoms. The Bertz CT molecular complexity index is 717. The van der Waals surface area contributed by atoms with E-state index in [1.54, 1.807) is 16.7 Å². The van der Waals surface area contributed by atoms with Gasteiger partial charge in [0, 0.05) is 0 Å². The third-order valence-electron chi connectivity index (χ3n) is 3.81. The van der Waals surface area contributed by atoms with Crippen LogP contribution in [0.2, 0.25) is 0 Å². The van der Waals surface area contributed by atoms with Crippen LogP contribution in [0.3, 0.4) is 0 Å². The molecule has 1 heterocycles. The first-order valence-electron chi connectivity index (χ1n) is 7.27. The van der Waals surface area contributed by atoms with Gasteiger partial charge in [0.15, 0.2) is 0 Å². The molecular formula is C17H18N2O2S. The molecule has 1 fully saturated rings. The summed E-state index contributed by atoms with van der Waals surface area (Å²) >= 11 is 1.55. The highest BCUT2D eigenvalue weighted by Crippen LogP contribution is 2.20. The topological polar surface area (TPSA) is 49.4 Å². The van der Waals surface area contributed by atoms with Crippen molar-refractivity contribution in [2.24, 2.45) is 0 Å². The van der Waals surface area contributed by atoms with Gasteiger partial charge < -0.3 is 10.2 Å². The fourth-order valence-corrected chi connectivity index (χ4v) is 3.47. The molecule has 2 amide bonds. The normalized spacial score (nSPS) is 16.0. The van der Waals surface area contributed by atoms with E-state index in [9.17, 15) is 9.59 Å². The number of carbonyl (C=O) groups is 2. The fourth-order valence-electron chi connectivity index (χ4n) is 2.56. The Morgan fingerprint density at radius 2 is 2.05 bits per heavy atom. The summed E-state index contributed by atoms with van der Waals surface area (Å²) in [6.45, 7) is 2.10. The van der Waals surface area contributed by atoms with Crippen LogP contribution in [0.1, 0.15) is 18.5 Å². The number of carbonyl (C=O) groups excluding carboxylic acids is 2. The van der Waals surface area contributed by atoms with E-state index in [0.717, 1.165) is 10.9 Å². The van der Waals surface area contributed by atoms with Crippen LogP contribution in [0.5, 0.6) is 0 Å². The lowest BCUT2D eigenvalue weighted by atomic mass is 10.0. The quantitative estimate of drug-likeness (QED) is 0.943. The maximum atomic E-state index is 12.1. The standard InChI is InChI=1S/C17H18N2O2S/c1-12(18-16(20)9-19-11-22-10-17(19)21)14-7-6-13-4-2-3-5-15(13)8-14/h2-8,12H,9-11H2,1H3,(H,18,20)/t12-/m0/s1. The maximum absolute atomic E-state index is 12.1. The third kappa shape index (κ3) is 3.25. The average Bonchev–Trinajstić information content (AvgIpc) is 2.91. The van der Waals surface area contributed by atoms with Crippen molar-refractivity contribution in [1.82, 2.24) is 10.2 Å². The number of amides is 2. The summed E-state index contributed by atoms with van der Waals surface area (Å²) in [4.78, 5) is 25.2. The average molecular weight is 314 g/mol. The monoisotopic (exact) mass is 314 g/mol. The number of thioether (sulfide) groups is 1. The van der Waals surface area contributed by atoms with Gasteiger partial charge in [0.2, 0.25) is 11.8 Å². The minimum atomic E-state index is -0.114. The molecule has 22 heavy (non-hydrogen) atoms. The molecule has 114 valence electrons. The van der Waals surface area contributed by atoms with Gasteiger partial charge in [0.1, 0.15) is 6.54 Å². The molecule has 1 aliphatic heterocycles. The zero-order valence-corrected chi connectivity index (χ0v) is 13.2. The number of fused-ring (bicyclic) bond motifs is 1. The molecule has 2 aromatic carbocycles. The molecule has 1 atom stereocenters.